The Morgan fingerprint density at radius 2 is 1.25 bits per heavy atom. The van der Waals surface area contributed by atoms with E-state index in [4.69, 9.17) is 14.5 Å². The summed E-state index contributed by atoms with van der Waals surface area (Å²) in [6, 6.07) is 6.29. The van der Waals surface area contributed by atoms with Gasteiger partial charge in [0.2, 0.25) is 0 Å². The average Bonchev–Trinajstić information content (AvgIpc) is 2.53. The average molecular weight is 358 g/mol. The number of hydrogen-bond acceptors (Lipinski definition) is 3. The van der Waals surface area contributed by atoms with Gasteiger partial charge in [-0.1, -0.05) is 64.7 Å². The molecule has 138 valence electrons. The third-order valence-corrected chi connectivity index (χ3v) is 4.26. The Morgan fingerprint density at radius 1 is 0.792 bits per heavy atom. The summed E-state index contributed by atoms with van der Waals surface area (Å²) < 4.78 is 20.8. The molecule has 0 aromatic heterocycles. The number of phosphoric ester groups is 1. The molecule has 24 heavy (non-hydrogen) atoms. The smallest absolute Gasteiger partial charge is 0.494 e. The summed E-state index contributed by atoms with van der Waals surface area (Å²) in [6.45, 7) is 2.90. The molecule has 1 rings (SSSR count). The minimum absolute atomic E-state index is 0.134. The van der Waals surface area contributed by atoms with E-state index in [1.807, 2.05) is 0 Å². The van der Waals surface area contributed by atoms with Gasteiger partial charge in [0.15, 0.2) is 0 Å². The van der Waals surface area contributed by atoms with Gasteiger partial charge in [-0.15, -0.1) is 0 Å². The van der Waals surface area contributed by atoms with Gasteiger partial charge in [-0.2, -0.15) is 0 Å². The fourth-order valence-electron chi connectivity index (χ4n) is 2.51. The van der Waals surface area contributed by atoms with Gasteiger partial charge in [0.05, 0.1) is 6.61 Å². The first-order valence-electron chi connectivity index (χ1n) is 8.99. The highest BCUT2D eigenvalue weighted by Gasteiger charge is 2.15. The lowest BCUT2D eigenvalue weighted by atomic mass is 10.1. The van der Waals surface area contributed by atoms with Crippen LogP contribution in [0.3, 0.4) is 0 Å². The second kappa shape index (κ2) is 12.3. The third-order valence-electron chi connectivity index (χ3n) is 3.81. The summed E-state index contributed by atoms with van der Waals surface area (Å²) in [5.41, 5.74) is 0. The van der Waals surface area contributed by atoms with E-state index < -0.39 is 7.82 Å². The van der Waals surface area contributed by atoms with Gasteiger partial charge in [-0.05, 0) is 30.7 Å². The van der Waals surface area contributed by atoms with E-state index >= 15 is 0 Å². The number of phosphoric acid groups is 1. The Balaban J connectivity index is 2.00. The highest BCUT2D eigenvalue weighted by Crippen LogP contribution is 2.37. The van der Waals surface area contributed by atoms with Crippen molar-refractivity contribution in [3.8, 4) is 11.5 Å². The Bertz CT molecular complexity index is 469. The maximum absolute atomic E-state index is 10.7. The van der Waals surface area contributed by atoms with E-state index in [-0.39, 0.29) is 5.75 Å². The van der Waals surface area contributed by atoms with Crippen molar-refractivity contribution < 1.29 is 23.6 Å². The predicted molar refractivity (Wildman–Crippen MR) is 96.5 cm³/mol. The summed E-state index contributed by atoms with van der Waals surface area (Å²) in [7, 11) is -4.49. The zero-order valence-electron chi connectivity index (χ0n) is 14.7. The molecule has 0 aliphatic carbocycles. The van der Waals surface area contributed by atoms with Crippen LogP contribution in [-0.2, 0) is 4.57 Å². The zero-order valence-corrected chi connectivity index (χ0v) is 15.5. The van der Waals surface area contributed by atoms with Gasteiger partial charge in [0.1, 0.15) is 11.5 Å². The van der Waals surface area contributed by atoms with Crippen molar-refractivity contribution in [1.82, 2.24) is 0 Å². The zero-order chi connectivity index (χ0) is 17.7. The van der Waals surface area contributed by atoms with Crippen molar-refractivity contribution in [1.29, 1.82) is 0 Å². The summed E-state index contributed by atoms with van der Waals surface area (Å²) >= 11 is 0. The summed E-state index contributed by atoms with van der Waals surface area (Å²) in [5, 5.41) is 0. The second-order valence-corrected chi connectivity index (χ2v) is 7.25. The molecule has 0 unspecified atom stereocenters. The van der Waals surface area contributed by atoms with Gasteiger partial charge in [0, 0.05) is 0 Å². The van der Waals surface area contributed by atoms with Crippen molar-refractivity contribution in [2.45, 2.75) is 71.1 Å². The van der Waals surface area contributed by atoms with Gasteiger partial charge < -0.3 is 9.26 Å². The van der Waals surface area contributed by atoms with E-state index in [0.29, 0.717) is 12.4 Å². The van der Waals surface area contributed by atoms with Crippen LogP contribution in [0, 0.1) is 0 Å². The first kappa shape index (κ1) is 21.0. The summed E-state index contributed by atoms with van der Waals surface area (Å²) in [4.78, 5) is 17.4. The molecule has 0 spiro atoms. The molecule has 0 bridgehead atoms. The number of benzene rings is 1. The molecule has 1 aromatic rings. The Kier molecular flexibility index (Phi) is 10.8. The molecular formula is C18H31O5P. The van der Waals surface area contributed by atoms with E-state index in [1.165, 1.54) is 69.9 Å². The van der Waals surface area contributed by atoms with Crippen LogP contribution in [-0.4, -0.2) is 16.4 Å². The Morgan fingerprint density at radius 3 is 1.75 bits per heavy atom. The molecule has 0 aliphatic heterocycles. The van der Waals surface area contributed by atoms with Gasteiger partial charge in [-0.3, -0.25) is 9.79 Å². The molecule has 0 aliphatic rings. The van der Waals surface area contributed by atoms with Gasteiger partial charge >= 0.3 is 7.82 Å². The lowest BCUT2D eigenvalue weighted by Crippen LogP contribution is -1.97. The van der Waals surface area contributed by atoms with Gasteiger partial charge in [0.25, 0.3) is 0 Å². The van der Waals surface area contributed by atoms with Crippen molar-refractivity contribution in [3.63, 3.8) is 0 Å². The van der Waals surface area contributed by atoms with E-state index in [1.54, 1.807) is 12.1 Å². The van der Waals surface area contributed by atoms with Crippen molar-refractivity contribution in [2.75, 3.05) is 6.61 Å². The number of unbranched alkanes of at least 4 members (excludes halogenated alkanes) is 9. The van der Waals surface area contributed by atoms with Crippen molar-refractivity contribution in [3.05, 3.63) is 24.3 Å². The summed E-state index contributed by atoms with van der Waals surface area (Å²) in [5.74, 6) is 0.818. The van der Waals surface area contributed by atoms with Crippen molar-refractivity contribution >= 4 is 7.82 Å². The van der Waals surface area contributed by atoms with Crippen molar-refractivity contribution in [2.24, 2.45) is 0 Å². The highest BCUT2D eigenvalue weighted by molar-refractivity contribution is 7.46. The van der Waals surface area contributed by atoms with Crippen LogP contribution in [0.15, 0.2) is 24.3 Å². The van der Waals surface area contributed by atoms with Crippen LogP contribution in [0.5, 0.6) is 11.5 Å². The predicted octanol–water partition coefficient (Wildman–Crippen LogP) is 5.46. The topological polar surface area (TPSA) is 76.0 Å². The molecular weight excluding hydrogens is 327 g/mol. The Labute approximate surface area is 145 Å². The van der Waals surface area contributed by atoms with Crippen LogP contribution in [0.4, 0.5) is 0 Å². The van der Waals surface area contributed by atoms with E-state index in [2.05, 4.69) is 11.4 Å². The van der Waals surface area contributed by atoms with E-state index in [9.17, 15) is 4.57 Å². The molecule has 5 nitrogen and oxygen atoms in total. The molecule has 1 aromatic carbocycles. The number of rotatable bonds is 14. The number of ether oxygens (including phenoxy) is 1. The molecule has 0 saturated carbocycles. The molecule has 2 N–H and O–H groups in total. The lowest BCUT2D eigenvalue weighted by molar-refractivity contribution is 0.282. The molecule has 0 saturated heterocycles. The Hall–Kier alpha value is -1.03. The highest BCUT2D eigenvalue weighted by atomic mass is 31.2. The fraction of sp³-hybridized carbons (Fsp3) is 0.667. The van der Waals surface area contributed by atoms with Crippen LogP contribution < -0.4 is 9.26 Å². The van der Waals surface area contributed by atoms with Crippen LogP contribution in [0.1, 0.15) is 71.1 Å². The monoisotopic (exact) mass is 358 g/mol. The standard InChI is InChI=1S/C18H31O5P/c1-2-3-4-5-6-7-8-9-10-11-16-22-17-12-14-18(15-13-17)23-24(19,20)21/h12-15H,2-11,16H2,1H3,(H2,19,20,21). The second-order valence-electron chi connectivity index (χ2n) is 6.08. The van der Waals surface area contributed by atoms with Gasteiger partial charge in [-0.25, -0.2) is 4.57 Å². The minimum atomic E-state index is -4.49. The first-order valence-corrected chi connectivity index (χ1v) is 10.5. The molecule has 6 heteroatoms. The molecule has 0 fully saturated rings. The van der Waals surface area contributed by atoms with Crippen LogP contribution in [0.25, 0.3) is 0 Å². The third kappa shape index (κ3) is 11.5. The molecule has 0 radical (unpaired) electrons. The van der Waals surface area contributed by atoms with Crippen LogP contribution >= 0.6 is 7.82 Å². The molecule has 0 heterocycles. The summed E-state index contributed by atoms with van der Waals surface area (Å²) in [6.07, 6.45) is 12.9. The maximum atomic E-state index is 10.7. The number of hydrogen-bond donors (Lipinski definition) is 2. The fourth-order valence-corrected chi connectivity index (χ4v) is 2.91. The molecule has 0 amide bonds. The SMILES string of the molecule is CCCCCCCCCCCCOc1ccc(OP(=O)(O)O)cc1. The largest absolute Gasteiger partial charge is 0.524 e. The first-order chi connectivity index (χ1) is 11.5. The van der Waals surface area contributed by atoms with E-state index in [0.717, 1.165) is 6.42 Å². The lowest BCUT2D eigenvalue weighted by Gasteiger charge is -2.09. The molecule has 0 atom stereocenters. The van der Waals surface area contributed by atoms with Crippen LogP contribution in [0.2, 0.25) is 0 Å². The quantitative estimate of drug-likeness (QED) is 0.341. The minimum Gasteiger partial charge on any atom is -0.494 e. The maximum Gasteiger partial charge on any atom is 0.524 e. The normalized spacial score (nSPS) is 11.5.